The van der Waals surface area contributed by atoms with Crippen molar-refractivity contribution in [3.8, 4) is 11.5 Å². The lowest BCUT2D eigenvalue weighted by Crippen LogP contribution is -2.54. The van der Waals surface area contributed by atoms with E-state index in [2.05, 4.69) is 5.32 Å². The van der Waals surface area contributed by atoms with Crippen molar-refractivity contribution in [2.75, 3.05) is 4.90 Å². The van der Waals surface area contributed by atoms with Gasteiger partial charge in [-0.2, -0.15) is 0 Å². The first-order valence-electron chi connectivity index (χ1n) is 12.6. The van der Waals surface area contributed by atoms with Gasteiger partial charge in [0.1, 0.15) is 28.7 Å². The molecule has 2 amide bonds. The van der Waals surface area contributed by atoms with Gasteiger partial charge in [0.05, 0.1) is 5.69 Å². The molecule has 41 heavy (non-hydrogen) atoms. The van der Waals surface area contributed by atoms with Crippen molar-refractivity contribution < 1.29 is 23.1 Å². The normalized spacial score (nSPS) is 14.5. The zero-order valence-corrected chi connectivity index (χ0v) is 22.2. The average molecular weight is 566 g/mol. The van der Waals surface area contributed by atoms with Gasteiger partial charge in [-0.25, -0.2) is 8.78 Å². The zero-order valence-electron chi connectivity index (χ0n) is 21.4. The highest BCUT2D eigenvalue weighted by Crippen LogP contribution is 2.29. The number of ether oxygens (including phenoxy) is 1. The third kappa shape index (κ3) is 5.35. The van der Waals surface area contributed by atoms with Crippen LogP contribution in [0.4, 0.5) is 14.5 Å². The highest BCUT2D eigenvalue weighted by atomic mass is 32.1. The van der Waals surface area contributed by atoms with Gasteiger partial charge in [-0.15, -0.1) is 0 Å². The first-order valence-corrected chi connectivity index (χ1v) is 13.0. The Balaban J connectivity index is 1.32. The summed E-state index contributed by atoms with van der Waals surface area (Å²) in [6.07, 6.45) is 3.25. The number of hydrogen-bond acceptors (Lipinski definition) is 4. The summed E-state index contributed by atoms with van der Waals surface area (Å²) >= 11 is 5.34. The van der Waals surface area contributed by atoms with Crippen molar-refractivity contribution in [1.82, 2.24) is 9.88 Å². The van der Waals surface area contributed by atoms with Crippen LogP contribution in [0.5, 0.6) is 11.5 Å². The van der Waals surface area contributed by atoms with Gasteiger partial charge in [-0.3, -0.25) is 19.8 Å². The number of benzene rings is 4. The third-order valence-electron chi connectivity index (χ3n) is 6.57. The van der Waals surface area contributed by atoms with Gasteiger partial charge < -0.3 is 9.30 Å². The van der Waals surface area contributed by atoms with Gasteiger partial charge in [0.25, 0.3) is 11.8 Å². The summed E-state index contributed by atoms with van der Waals surface area (Å²) in [5.74, 6) is -1.30. The van der Waals surface area contributed by atoms with Crippen molar-refractivity contribution in [2.45, 2.75) is 6.54 Å². The summed E-state index contributed by atoms with van der Waals surface area (Å²) in [5, 5.41) is 3.32. The Hall–Kier alpha value is -5.15. The molecule has 0 unspecified atom stereocenters. The van der Waals surface area contributed by atoms with Gasteiger partial charge in [0, 0.05) is 35.3 Å². The molecular weight excluding hydrogens is 544 g/mol. The number of para-hydroxylation sites is 2. The number of carbonyl (C=O) groups is 2. The monoisotopic (exact) mass is 565 g/mol. The molecule has 0 bridgehead atoms. The Morgan fingerprint density at radius 2 is 1.49 bits per heavy atom. The lowest BCUT2D eigenvalue weighted by atomic mass is 10.1. The van der Waals surface area contributed by atoms with Crippen LogP contribution in [0.25, 0.3) is 17.0 Å². The van der Waals surface area contributed by atoms with Gasteiger partial charge in [0.15, 0.2) is 5.11 Å². The minimum Gasteiger partial charge on any atom is -0.457 e. The first-order chi connectivity index (χ1) is 19.9. The van der Waals surface area contributed by atoms with Crippen LogP contribution in [-0.2, 0) is 16.1 Å². The molecule has 0 spiro atoms. The molecule has 1 saturated heterocycles. The molecule has 202 valence electrons. The number of nitrogens with zero attached hydrogens (tertiary/aromatic N) is 2. The highest BCUT2D eigenvalue weighted by molar-refractivity contribution is 7.80. The van der Waals surface area contributed by atoms with Gasteiger partial charge in [-0.05, 0) is 78.5 Å². The fraction of sp³-hybridized carbons (Fsp3) is 0.0312. The molecule has 0 radical (unpaired) electrons. The van der Waals surface area contributed by atoms with E-state index < -0.39 is 23.4 Å². The summed E-state index contributed by atoms with van der Waals surface area (Å²) in [5.41, 5.74) is 2.15. The van der Waals surface area contributed by atoms with E-state index in [9.17, 15) is 18.4 Å². The molecular formula is C32H21F2N3O3S. The van der Waals surface area contributed by atoms with E-state index in [4.69, 9.17) is 17.0 Å². The van der Waals surface area contributed by atoms with Crippen molar-refractivity contribution in [2.24, 2.45) is 0 Å². The molecule has 4 aromatic carbocycles. The lowest BCUT2D eigenvalue weighted by Gasteiger charge is -2.29. The van der Waals surface area contributed by atoms with Crippen molar-refractivity contribution in [3.63, 3.8) is 0 Å². The Morgan fingerprint density at radius 1 is 0.829 bits per heavy atom. The van der Waals surface area contributed by atoms with Crippen LogP contribution >= 0.6 is 12.2 Å². The second kappa shape index (κ2) is 10.8. The van der Waals surface area contributed by atoms with Crippen LogP contribution in [0.15, 0.2) is 109 Å². The SMILES string of the molecule is O=C1NC(=S)N(c2ccc(Oc3ccccc3)cc2)C(=O)/C1=C/c1cn(Cc2cc(F)cc(F)c2)c2ccccc12. The van der Waals surface area contributed by atoms with E-state index in [1.807, 2.05) is 59.2 Å². The number of nitrogens with one attached hydrogen (secondary N) is 1. The maximum Gasteiger partial charge on any atom is 0.270 e. The lowest BCUT2D eigenvalue weighted by molar-refractivity contribution is -0.122. The zero-order chi connectivity index (χ0) is 28.5. The number of halogens is 2. The smallest absolute Gasteiger partial charge is 0.270 e. The predicted molar refractivity (Wildman–Crippen MR) is 157 cm³/mol. The van der Waals surface area contributed by atoms with Crippen LogP contribution in [0.2, 0.25) is 0 Å². The molecule has 1 N–H and O–H groups in total. The van der Waals surface area contributed by atoms with Crippen LogP contribution in [0.1, 0.15) is 11.1 Å². The Kier molecular flexibility index (Phi) is 6.86. The number of hydrogen-bond donors (Lipinski definition) is 1. The van der Waals surface area contributed by atoms with E-state index in [0.717, 1.165) is 17.0 Å². The quantitative estimate of drug-likeness (QED) is 0.143. The summed E-state index contributed by atoms with van der Waals surface area (Å²) in [4.78, 5) is 27.8. The number of fused-ring (bicyclic) bond motifs is 1. The molecule has 6 rings (SSSR count). The third-order valence-corrected chi connectivity index (χ3v) is 6.85. The average Bonchev–Trinajstić information content (AvgIpc) is 3.29. The van der Waals surface area contributed by atoms with E-state index in [1.165, 1.54) is 23.1 Å². The molecule has 2 heterocycles. The fourth-order valence-corrected chi connectivity index (χ4v) is 5.04. The van der Waals surface area contributed by atoms with Crippen molar-refractivity contribution >= 4 is 51.8 Å². The largest absolute Gasteiger partial charge is 0.457 e. The van der Waals surface area contributed by atoms with Crippen LogP contribution < -0.4 is 15.0 Å². The molecule has 5 aromatic rings. The summed E-state index contributed by atoms with van der Waals surface area (Å²) in [7, 11) is 0. The minimum atomic E-state index is -0.668. The van der Waals surface area contributed by atoms with Gasteiger partial charge in [-0.1, -0.05) is 36.4 Å². The number of thiocarbonyl (C=S) groups is 1. The Morgan fingerprint density at radius 3 is 2.22 bits per heavy atom. The number of amides is 2. The second-order valence-electron chi connectivity index (χ2n) is 9.37. The topological polar surface area (TPSA) is 63.6 Å². The first kappa shape index (κ1) is 26.1. The number of rotatable bonds is 6. The molecule has 1 fully saturated rings. The highest BCUT2D eigenvalue weighted by Gasteiger charge is 2.34. The maximum absolute atomic E-state index is 13.8. The Bertz CT molecular complexity index is 1830. The van der Waals surface area contributed by atoms with Crippen LogP contribution in [-0.4, -0.2) is 21.5 Å². The molecule has 0 atom stereocenters. The number of aromatic nitrogens is 1. The van der Waals surface area contributed by atoms with E-state index in [1.54, 1.807) is 30.5 Å². The molecule has 1 aliphatic rings. The van der Waals surface area contributed by atoms with E-state index in [-0.39, 0.29) is 17.2 Å². The minimum absolute atomic E-state index is 0.0376. The standard InChI is InChI=1S/C32H21F2N3O3S/c33-22-14-20(15-23(34)17-22)18-36-19-21(27-8-4-5-9-29(27)36)16-28-30(38)35-32(41)37(31(28)39)24-10-12-26(13-11-24)40-25-6-2-1-3-7-25/h1-17,19H,18H2,(H,35,38,41)/b28-16+. The number of carbonyl (C=O) groups excluding carboxylic acids is 2. The van der Waals surface area contributed by atoms with Gasteiger partial charge in [0.2, 0.25) is 0 Å². The predicted octanol–water partition coefficient (Wildman–Crippen LogP) is 6.59. The summed E-state index contributed by atoms with van der Waals surface area (Å²) in [6, 6.07) is 26.8. The number of anilines is 1. The fourth-order valence-electron chi connectivity index (χ4n) is 4.76. The maximum atomic E-state index is 13.8. The van der Waals surface area contributed by atoms with E-state index in [0.29, 0.717) is 28.3 Å². The second-order valence-corrected chi connectivity index (χ2v) is 9.76. The van der Waals surface area contributed by atoms with Crippen molar-refractivity contribution in [3.05, 3.63) is 132 Å². The molecule has 0 aliphatic carbocycles. The van der Waals surface area contributed by atoms with Crippen LogP contribution in [0.3, 0.4) is 0 Å². The summed E-state index contributed by atoms with van der Waals surface area (Å²) in [6.45, 7) is 0.187. The van der Waals surface area contributed by atoms with E-state index >= 15 is 0 Å². The molecule has 6 nitrogen and oxygen atoms in total. The molecule has 0 saturated carbocycles. The molecule has 1 aliphatic heterocycles. The Labute approximate surface area is 239 Å². The molecule has 1 aromatic heterocycles. The molecule has 9 heteroatoms. The van der Waals surface area contributed by atoms with Crippen molar-refractivity contribution in [1.29, 1.82) is 0 Å². The van der Waals surface area contributed by atoms with Crippen LogP contribution in [0, 0.1) is 11.6 Å². The summed E-state index contributed by atoms with van der Waals surface area (Å²) < 4.78 is 35.3. The van der Waals surface area contributed by atoms with Gasteiger partial charge >= 0.3 is 0 Å².